The molecule has 0 spiro atoms. The van der Waals surface area contributed by atoms with Gasteiger partial charge in [-0.15, -0.1) is 0 Å². The molecule has 4 nitrogen and oxygen atoms in total. The largest absolute Gasteiger partial charge is 0.336 e. The molecule has 3 aromatic rings. The molecule has 3 aromatic carbocycles. The predicted octanol–water partition coefficient (Wildman–Crippen LogP) is 4.73. The average molecular weight is 394 g/mol. The van der Waals surface area contributed by atoms with E-state index in [4.69, 9.17) is 0 Å². The topological polar surface area (TPSA) is 40.6 Å². The van der Waals surface area contributed by atoms with Gasteiger partial charge in [0.2, 0.25) is 0 Å². The fourth-order valence-electron chi connectivity index (χ4n) is 4.33. The van der Waals surface area contributed by atoms with Gasteiger partial charge in [0, 0.05) is 12.2 Å². The third-order valence-electron chi connectivity index (χ3n) is 5.79. The number of imide groups is 1. The Balaban J connectivity index is 1.70. The van der Waals surface area contributed by atoms with Crippen molar-refractivity contribution in [1.82, 2.24) is 0 Å². The summed E-state index contributed by atoms with van der Waals surface area (Å²) in [6.45, 7) is 2.72. The first kappa shape index (κ1) is 18.4. The minimum absolute atomic E-state index is 0.265. The summed E-state index contributed by atoms with van der Waals surface area (Å²) >= 11 is 0. The van der Waals surface area contributed by atoms with Crippen LogP contribution in [0.1, 0.15) is 23.1 Å². The first-order valence-corrected chi connectivity index (χ1v) is 10.3. The molecule has 0 unspecified atom stereocenters. The van der Waals surface area contributed by atoms with Crippen LogP contribution < -0.4 is 9.80 Å². The van der Waals surface area contributed by atoms with Crippen molar-refractivity contribution in [3.05, 3.63) is 101 Å². The maximum absolute atomic E-state index is 13.7. The number of amides is 2. The number of fused-ring (bicyclic) bond motifs is 1. The predicted molar refractivity (Wildman–Crippen MR) is 119 cm³/mol. The molecule has 0 atom stereocenters. The number of hydrogen-bond acceptors (Lipinski definition) is 3. The summed E-state index contributed by atoms with van der Waals surface area (Å²) in [5.41, 5.74) is 5.64. The Kier molecular flexibility index (Phi) is 4.47. The molecule has 148 valence electrons. The van der Waals surface area contributed by atoms with Crippen LogP contribution in [0.25, 0.3) is 5.57 Å². The van der Waals surface area contributed by atoms with Gasteiger partial charge in [0.05, 0.1) is 11.3 Å². The minimum atomic E-state index is -0.270. The molecule has 0 fully saturated rings. The zero-order valence-electron chi connectivity index (χ0n) is 16.8. The lowest BCUT2D eigenvalue weighted by Gasteiger charge is -2.32. The van der Waals surface area contributed by atoms with Gasteiger partial charge in [-0.05, 0) is 49.1 Å². The summed E-state index contributed by atoms with van der Waals surface area (Å²) < 4.78 is 0. The highest BCUT2D eigenvalue weighted by atomic mass is 16.2. The van der Waals surface area contributed by atoms with Gasteiger partial charge < -0.3 is 4.90 Å². The number of carbonyl (C=O) groups is 2. The Labute approximate surface area is 176 Å². The van der Waals surface area contributed by atoms with Crippen LogP contribution in [0.3, 0.4) is 0 Å². The Morgan fingerprint density at radius 3 is 2.23 bits per heavy atom. The van der Waals surface area contributed by atoms with Gasteiger partial charge in [-0.3, -0.25) is 9.59 Å². The summed E-state index contributed by atoms with van der Waals surface area (Å²) in [5, 5.41) is 0. The second-order valence-corrected chi connectivity index (χ2v) is 7.75. The van der Waals surface area contributed by atoms with E-state index in [1.165, 1.54) is 10.5 Å². The molecule has 30 heavy (non-hydrogen) atoms. The molecule has 5 rings (SSSR count). The zero-order valence-corrected chi connectivity index (χ0v) is 16.8. The van der Waals surface area contributed by atoms with Crippen LogP contribution in [0.2, 0.25) is 0 Å². The Morgan fingerprint density at radius 1 is 0.767 bits per heavy atom. The van der Waals surface area contributed by atoms with E-state index in [2.05, 4.69) is 6.07 Å². The summed E-state index contributed by atoms with van der Waals surface area (Å²) in [6.07, 6.45) is 1.92. The molecule has 2 heterocycles. The maximum atomic E-state index is 13.7. The first-order valence-electron chi connectivity index (χ1n) is 10.3. The first-order chi connectivity index (χ1) is 14.6. The number of anilines is 2. The zero-order chi connectivity index (χ0) is 20.7. The van der Waals surface area contributed by atoms with Crippen LogP contribution in [-0.2, 0) is 16.0 Å². The van der Waals surface area contributed by atoms with Crippen molar-refractivity contribution in [2.45, 2.75) is 19.8 Å². The third-order valence-corrected chi connectivity index (χ3v) is 5.79. The van der Waals surface area contributed by atoms with Gasteiger partial charge >= 0.3 is 0 Å². The SMILES string of the molecule is Cc1ccc(C2=C(N3CCCc4ccccc43)C(=O)N(c3ccccc3)C2=O)cc1. The van der Waals surface area contributed by atoms with Crippen molar-refractivity contribution in [3.8, 4) is 0 Å². The van der Waals surface area contributed by atoms with Crippen molar-refractivity contribution < 1.29 is 9.59 Å². The van der Waals surface area contributed by atoms with Crippen molar-refractivity contribution >= 4 is 28.8 Å². The second kappa shape index (κ2) is 7.30. The van der Waals surface area contributed by atoms with E-state index in [9.17, 15) is 9.59 Å². The van der Waals surface area contributed by atoms with E-state index in [0.717, 1.165) is 29.7 Å². The van der Waals surface area contributed by atoms with Crippen molar-refractivity contribution in [3.63, 3.8) is 0 Å². The van der Waals surface area contributed by atoms with Crippen molar-refractivity contribution in [2.75, 3.05) is 16.3 Å². The molecule has 0 aromatic heterocycles. The number of para-hydroxylation sites is 2. The number of benzene rings is 3. The van der Waals surface area contributed by atoms with E-state index in [-0.39, 0.29) is 11.8 Å². The molecular formula is C26H22N2O2. The van der Waals surface area contributed by atoms with E-state index < -0.39 is 0 Å². The van der Waals surface area contributed by atoms with Gasteiger partial charge in [0.1, 0.15) is 5.70 Å². The molecule has 0 N–H and O–H groups in total. The summed E-state index contributed by atoms with van der Waals surface area (Å²) in [4.78, 5) is 30.6. The number of aryl methyl sites for hydroxylation is 2. The monoisotopic (exact) mass is 394 g/mol. The quantitative estimate of drug-likeness (QED) is 0.603. The molecule has 0 radical (unpaired) electrons. The highest BCUT2D eigenvalue weighted by Crippen LogP contribution is 2.39. The van der Waals surface area contributed by atoms with E-state index in [1.807, 2.05) is 72.5 Å². The Bertz CT molecular complexity index is 1160. The Hall–Kier alpha value is -3.66. The number of carbonyl (C=O) groups excluding carboxylic acids is 2. The maximum Gasteiger partial charge on any atom is 0.282 e. The van der Waals surface area contributed by atoms with Crippen LogP contribution >= 0.6 is 0 Å². The van der Waals surface area contributed by atoms with Gasteiger partial charge in [-0.25, -0.2) is 4.90 Å². The molecule has 0 saturated heterocycles. The number of rotatable bonds is 3. The summed E-state index contributed by atoms with van der Waals surface area (Å²) in [7, 11) is 0. The molecule has 0 aliphatic carbocycles. The summed E-state index contributed by atoms with van der Waals surface area (Å²) in [6, 6.07) is 25.1. The number of nitrogens with zero attached hydrogens (tertiary/aromatic N) is 2. The standard InChI is InChI=1S/C26H22N2O2/c1-18-13-15-20(16-14-18)23-24(27-17-7-9-19-8-5-6-12-22(19)27)26(30)28(25(23)29)21-10-3-2-4-11-21/h2-6,8,10-16H,7,9,17H2,1H3. The van der Waals surface area contributed by atoms with Crippen molar-refractivity contribution in [2.24, 2.45) is 0 Å². The van der Waals surface area contributed by atoms with Crippen LogP contribution in [0.5, 0.6) is 0 Å². The van der Waals surface area contributed by atoms with Crippen LogP contribution in [0, 0.1) is 6.92 Å². The normalized spacial score (nSPS) is 16.3. The second-order valence-electron chi connectivity index (χ2n) is 7.75. The van der Waals surface area contributed by atoms with E-state index >= 15 is 0 Å². The average Bonchev–Trinajstić information content (AvgIpc) is 3.04. The molecule has 0 saturated carbocycles. The van der Waals surface area contributed by atoms with E-state index in [0.29, 0.717) is 23.5 Å². The smallest absolute Gasteiger partial charge is 0.282 e. The van der Waals surface area contributed by atoms with Crippen LogP contribution in [0.15, 0.2) is 84.6 Å². The van der Waals surface area contributed by atoms with Crippen LogP contribution in [0.4, 0.5) is 11.4 Å². The van der Waals surface area contributed by atoms with Crippen molar-refractivity contribution in [1.29, 1.82) is 0 Å². The Morgan fingerprint density at radius 2 is 1.47 bits per heavy atom. The lowest BCUT2D eigenvalue weighted by atomic mass is 9.98. The molecule has 2 aliphatic heterocycles. The molecule has 2 aliphatic rings. The fraction of sp³-hybridized carbons (Fsp3) is 0.154. The molecular weight excluding hydrogens is 372 g/mol. The summed E-state index contributed by atoms with van der Waals surface area (Å²) in [5.74, 6) is -0.536. The highest BCUT2D eigenvalue weighted by Gasteiger charge is 2.43. The van der Waals surface area contributed by atoms with Crippen LogP contribution in [-0.4, -0.2) is 18.4 Å². The number of hydrogen-bond donors (Lipinski definition) is 0. The van der Waals surface area contributed by atoms with Gasteiger partial charge in [-0.2, -0.15) is 0 Å². The third kappa shape index (κ3) is 2.92. The fourth-order valence-corrected chi connectivity index (χ4v) is 4.33. The molecule has 2 amide bonds. The lowest BCUT2D eigenvalue weighted by Crippen LogP contribution is -2.37. The van der Waals surface area contributed by atoms with E-state index in [1.54, 1.807) is 12.1 Å². The van der Waals surface area contributed by atoms with Gasteiger partial charge in [0.15, 0.2) is 0 Å². The molecule has 4 heteroatoms. The minimum Gasteiger partial charge on any atom is -0.336 e. The molecule has 0 bridgehead atoms. The lowest BCUT2D eigenvalue weighted by molar-refractivity contribution is -0.120. The van der Waals surface area contributed by atoms with Gasteiger partial charge in [0.25, 0.3) is 11.8 Å². The highest BCUT2D eigenvalue weighted by molar-refractivity contribution is 6.46. The van der Waals surface area contributed by atoms with Gasteiger partial charge in [-0.1, -0.05) is 66.2 Å².